The van der Waals surface area contributed by atoms with Crippen LogP contribution in [0.15, 0.2) is 67.0 Å². The standard InChI is InChI=1S/C25H27FN6O2/c26-20-5-3-4-18(14-20)8-9-21(17-33)31-10-12-32(13-11-31)25-28-15-19(16-29-25)24(34)30-23-7-2-1-6-22(23)27/h1-9,14-16,21,33H,10-13,17,27H2,(H,30,34). The van der Waals surface area contributed by atoms with Crippen LogP contribution in [0.4, 0.5) is 21.7 Å². The topological polar surface area (TPSA) is 108 Å². The Bertz CT molecular complexity index is 1150. The van der Waals surface area contributed by atoms with Crippen LogP contribution < -0.4 is 16.0 Å². The minimum absolute atomic E-state index is 0.0297. The van der Waals surface area contributed by atoms with Gasteiger partial charge in [0.25, 0.3) is 5.91 Å². The number of hydrogen-bond donors (Lipinski definition) is 3. The highest BCUT2D eigenvalue weighted by atomic mass is 19.1. The molecule has 34 heavy (non-hydrogen) atoms. The van der Waals surface area contributed by atoms with E-state index in [1.165, 1.54) is 24.5 Å². The molecule has 1 aliphatic heterocycles. The van der Waals surface area contributed by atoms with Crippen LogP contribution in [-0.4, -0.2) is 64.7 Å². The number of carbonyl (C=O) groups is 1. The zero-order valence-electron chi connectivity index (χ0n) is 18.6. The molecule has 4 rings (SSSR count). The van der Waals surface area contributed by atoms with E-state index in [-0.39, 0.29) is 24.4 Å². The van der Waals surface area contributed by atoms with Crippen molar-refractivity contribution in [2.24, 2.45) is 0 Å². The number of nitrogens with one attached hydrogen (secondary N) is 1. The first-order valence-electron chi connectivity index (χ1n) is 11.0. The second kappa shape index (κ2) is 10.9. The number of nitrogens with two attached hydrogens (primary N) is 1. The number of anilines is 3. The lowest BCUT2D eigenvalue weighted by atomic mass is 10.1. The number of carbonyl (C=O) groups excluding carboxylic acids is 1. The largest absolute Gasteiger partial charge is 0.397 e. The lowest BCUT2D eigenvalue weighted by molar-refractivity contribution is 0.102. The van der Waals surface area contributed by atoms with E-state index < -0.39 is 0 Å². The molecule has 1 aliphatic rings. The molecule has 1 saturated heterocycles. The van der Waals surface area contributed by atoms with E-state index in [9.17, 15) is 14.3 Å². The first-order valence-corrected chi connectivity index (χ1v) is 11.0. The molecule has 0 aliphatic carbocycles. The number of aliphatic hydroxyl groups excluding tert-OH is 1. The van der Waals surface area contributed by atoms with Crippen LogP contribution in [-0.2, 0) is 0 Å². The summed E-state index contributed by atoms with van der Waals surface area (Å²) in [6.07, 6.45) is 6.73. The number of para-hydroxylation sites is 2. The SMILES string of the molecule is Nc1ccccc1NC(=O)c1cnc(N2CCN(C(C=Cc3cccc(F)c3)CO)CC2)nc1. The molecule has 8 nitrogen and oxygen atoms in total. The highest BCUT2D eigenvalue weighted by molar-refractivity contribution is 6.05. The van der Waals surface area contributed by atoms with Gasteiger partial charge in [0.1, 0.15) is 5.82 Å². The van der Waals surface area contributed by atoms with Crippen LogP contribution in [0, 0.1) is 5.82 Å². The van der Waals surface area contributed by atoms with Gasteiger partial charge in [-0.2, -0.15) is 0 Å². The van der Waals surface area contributed by atoms with E-state index >= 15 is 0 Å². The smallest absolute Gasteiger partial charge is 0.258 e. The van der Waals surface area contributed by atoms with Gasteiger partial charge < -0.3 is 21.1 Å². The number of amides is 1. The molecule has 1 fully saturated rings. The van der Waals surface area contributed by atoms with Crippen molar-refractivity contribution < 1.29 is 14.3 Å². The Morgan fingerprint density at radius 2 is 1.85 bits per heavy atom. The van der Waals surface area contributed by atoms with Gasteiger partial charge in [-0.15, -0.1) is 0 Å². The second-order valence-electron chi connectivity index (χ2n) is 8.00. The summed E-state index contributed by atoms with van der Waals surface area (Å²) in [5.41, 5.74) is 7.99. The molecule has 0 saturated carbocycles. The van der Waals surface area contributed by atoms with Crippen molar-refractivity contribution in [3.05, 3.63) is 83.9 Å². The summed E-state index contributed by atoms with van der Waals surface area (Å²) in [5, 5.41) is 12.6. The van der Waals surface area contributed by atoms with Gasteiger partial charge in [-0.25, -0.2) is 14.4 Å². The molecule has 1 atom stereocenters. The normalized spacial score (nSPS) is 15.4. The second-order valence-corrected chi connectivity index (χ2v) is 8.00. The Morgan fingerprint density at radius 1 is 1.12 bits per heavy atom. The van der Waals surface area contributed by atoms with E-state index in [4.69, 9.17) is 5.73 Å². The minimum Gasteiger partial charge on any atom is -0.397 e. The van der Waals surface area contributed by atoms with Crippen molar-refractivity contribution in [3.63, 3.8) is 0 Å². The Balaban J connectivity index is 1.32. The highest BCUT2D eigenvalue weighted by Gasteiger charge is 2.23. The monoisotopic (exact) mass is 462 g/mol. The van der Waals surface area contributed by atoms with Crippen molar-refractivity contribution in [1.82, 2.24) is 14.9 Å². The number of aliphatic hydroxyl groups is 1. The van der Waals surface area contributed by atoms with Gasteiger partial charge in [-0.05, 0) is 29.8 Å². The fourth-order valence-corrected chi connectivity index (χ4v) is 3.79. The fourth-order valence-electron chi connectivity index (χ4n) is 3.79. The molecule has 4 N–H and O–H groups in total. The maximum absolute atomic E-state index is 13.4. The number of hydrogen-bond acceptors (Lipinski definition) is 7. The molecule has 1 aromatic heterocycles. The first-order chi connectivity index (χ1) is 16.5. The van der Waals surface area contributed by atoms with Gasteiger partial charge in [0.2, 0.25) is 5.95 Å². The third-order valence-electron chi connectivity index (χ3n) is 5.72. The van der Waals surface area contributed by atoms with Crippen LogP contribution in [0.1, 0.15) is 15.9 Å². The summed E-state index contributed by atoms with van der Waals surface area (Å²) in [4.78, 5) is 25.4. The quantitative estimate of drug-likeness (QED) is 0.463. The predicted molar refractivity (Wildman–Crippen MR) is 131 cm³/mol. The van der Waals surface area contributed by atoms with Crippen molar-refractivity contribution >= 4 is 29.3 Å². The molecular formula is C25H27FN6O2. The molecular weight excluding hydrogens is 435 g/mol. The summed E-state index contributed by atoms with van der Waals surface area (Å²) in [6, 6.07) is 13.2. The van der Waals surface area contributed by atoms with E-state index in [0.29, 0.717) is 49.1 Å². The molecule has 9 heteroatoms. The van der Waals surface area contributed by atoms with Gasteiger partial charge in [0.05, 0.1) is 29.6 Å². The van der Waals surface area contributed by atoms with E-state index in [0.717, 1.165) is 5.56 Å². The highest BCUT2D eigenvalue weighted by Crippen LogP contribution is 2.18. The van der Waals surface area contributed by atoms with Gasteiger partial charge in [0.15, 0.2) is 0 Å². The summed E-state index contributed by atoms with van der Waals surface area (Å²) >= 11 is 0. The molecule has 1 amide bonds. The summed E-state index contributed by atoms with van der Waals surface area (Å²) in [6.45, 7) is 2.74. The number of piperazine rings is 1. The zero-order chi connectivity index (χ0) is 23.9. The molecule has 0 radical (unpaired) electrons. The van der Waals surface area contributed by atoms with Crippen LogP contribution in [0.2, 0.25) is 0 Å². The number of nitrogens with zero attached hydrogens (tertiary/aromatic N) is 4. The van der Waals surface area contributed by atoms with Crippen LogP contribution in [0.5, 0.6) is 0 Å². The molecule has 2 aromatic carbocycles. The number of rotatable bonds is 7. The number of benzene rings is 2. The Kier molecular flexibility index (Phi) is 7.46. The summed E-state index contributed by atoms with van der Waals surface area (Å²) < 4.78 is 13.4. The van der Waals surface area contributed by atoms with Crippen molar-refractivity contribution in [3.8, 4) is 0 Å². The molecule has 0 spiro atoms. The van der Waals surface area contributed by atoms with E-state index in [1.54, 1.807) is 30.3 Å². The van der Waals surface area contributed by atoms with Gasteiger partial charge >= 0.3 is 0 Å². The number of nitrogen functional groups attached to an aromatic ring is 1. The molecule has 3 aromatic rings. The molecule has 1 unspecified atom stereocenters. The molecule has 176 valence electrons. The third kappa shape index (κ3) is 5.75. The zero-order valence-corrected chi connectivity index (χ0v) is 18.6. The maximum Gasteiger partial charge on any atom is 0.258 e. The van der Waals surface area contributed by atoms with E-state index in [2.05, 4.69) is 20.2 Å². The lowest BCUT2D eigenvalue weighted by Gasteiger charge is -2.37. The Labute approximate surface area is 197 Å². The van der Waals surface area contributed by atoms with Crippen LogP contribution >= 0.6 is 0 Å². The average molecular weight is 463 g/mol. The summed E-state index contributed by atoms with van der Waals surface area (Å²) in [5.74, 6) is -0.0690. The lowest BCUT2D eigenvalue weighted by Crippen LogP contribution is -2.51. The number of aromatic nitrogens is 2. The predicted octanol–water partition coefficient (Wildman–Crippen LogP) is 2.65. The first kappa shape index (κ1) is 23.3. The Hall–Kier alpha value is -3.82. The third-order valence-corrected chi connectivity index (χ3v) is 5.72. The maximum atomic E-state index is 13.4. The molecule has 0 bridgehead atoms. The van der Waals surface area contributed by atoms with Crippen LogP contribution in [0.3, 0.4) is 0 Å². The fraction of sp³-hybridized carbons (Fsp3) is 0.240. The van der Waals surface area contributed by atoms with Gasteiger partial charge in [0, 0.05) is 38.6 Å². The van der Waals surface area contributed by atoms with Gasteiger partial charge in [-0.1, -0.05) is 36.4 Å². The Morgan fingerprint density at radius 3 is 2.53 bits per heavy atom. The van der Waals surface area contributed by atoms with Crippen LogP contribution in [0.25, 0.3) is 6.08 Å². The van der Waals surface area contributed by atoms with Crippen molar-refractivity contribution in [1.29, 1.82) is 0 Å². The van der Waals surface area contributed by atoms with Crippen molar-refractivity contribution in [2.45, 2.75) is 6.04 Å². The molecule has 2 heterocycles. The van der Waals surface area contributed by atoms with Crippen molar-refractivity contribution in [2.75, 3.05) is 48.7 Å². The number of halogens is 1. The van der Waals surface area contributed by atoms with Gasteiger partial charge in [-0.3, -0.25) is 9.69 Å². The average Bonchev–Trinajstić information content (AvgIpc) is 2.86. The summed E-state index contributed by atoms with van der Waals surface area (Å²) in [7, 11) is 0. The van der Waals surface area contributed by atoms with E-state index in [1.807, 2.05) is 23.1 Å². The minimum atomic E-state index is -0.329.